The molecule has 1 aromatic carbocycles. The summed E-state index contributed by atoms with van der Waals surface area (Å²) in [6.07, 6.45) is 14.8. The molecule has 0 unspecified atom stereocenters. The van der Waals surface area contributed by atoms with Gasteiger partial charge >= 0.3 is 12.0 Å². The van der Waals surface area contributed by atoms with Crippen LogP contribution in [0.5, 0.6) is 0 Å². The molecule has 1 aromatic rings. The van der Waals surface area contributed by atoms with Crippen molar-refractivity contribution < 1.29 is 19.1 Å². The molecule has 2 fully saturated rings. The van der Waals surface area contributed by atoms with Gasteiger partial charge in [-0.05, 0) is 24.8 Å². The zero-order valence-electron chi connectivity index (χ0n) is 21.3. The molecule has 35 heavy (non-hydrogen) atoms. The molecule has 2 amide bonds. The van der Waals surface area contributed by atoms with E-state index in [9.17, 15) is 9.59 Å². The van der Waals surface area contributed by atoms with Crippen LogP contribution in [0.2, 0.25) is 0 Å². The predicted molar refractivity (Wildman–Crippen MR) is 142 cm³/mol. The fourth-order valence-electron chi connectivity index (χ4n) is 4.85. The second-order valence-corrected chi connectivity index (χ2v) is 11.1. The molecule has 2 heterocycles. The second kappa shape index (κ2) is 16.1. The number of hydrogen-bond donors (Lipinski definition) is 2. The van der Waals surface area contributed by atoms with Crippen LogP contribution >= 0.6 is 11.8 Å². The number of esters is 1. The van der Waals surface area contributed by atoms with Gasteiger partial charge in [-0.3, -0.25) is 4.79 Å². The SMILES string of the molecule is CCCCCCCCCCCO[C@@H]1S[C@@H](CCCCC(=O)OCc2ccccc2)[C@H]2NC(=O)N[C@H]21. The highest BCUT2D eigenvalue weighted by Crippen LogP contribution is 2.39. The van der Waals surface area contributed by atoms with E-state index in [1.807, 2.05) is 42.1 Å². The minimum atomic E-state index is -0.149. The number of thioether (sulfide) groups is 1. The fraction of sp³-hybridized carbons (Fsp3) is 0.714. The van der Waals surface area contributed by atoms with Gasteiger partial charge in [-0.1, -0.05) is 95.0 Å². The van der Waals surface area contributed by atoms with Crippen molar-refractivity contribution in [3.63, 3.8) is 0 Å². The Bertz CT molecular complexity index is 748. The maximum absolute atomic E-state index is 12.0. The van der Waals surface area contributed by atoms with Crippen LogP contribution < -0.4 is 10.6 Å². The molecule has 0 aromatic heterocycles. The molecule has 196 valence electrons. The third-order valence-electron chi connectivity index (χ3n) is 6.88. The number of fused-ring (bicyclic) bond motifs is 1. The third-order valence-corrected chi connectivity index (χ3v) is 8.45. The minimum Gasteiger partial charge on any atom is -0.461 e. The summed E-state index contributed by atoms with van der Waals surface area (Å²) in [5.74, 6) is -0.149. The molecule has 0 saturated carbocycles. The van der Waals surface area contributed by atoms with Crippen LogP contribution in [0.25, 0.3) is 0 Å². The highest BCUT2D eigenvalue weighted by molar-refractivity contribution is 8.00. The first-order chi connectivity index (χ1) is 17.2. The van der Waals surface area contributed by atoms with Crippen LogP contribution in [0.4, 0.5) is 4.79 Å². The number of carbonyl (C=O) groups is 2. The van der Waals surface area contributed by atoms with Gasteiger partial charge in [-0.2, -0.15) is 0 Å². The van der Waals surface area contributed by atoms with E-state index < -0.39 is 0 Å². The molecule has 0 radical (unpaired) electrons. The average molecular weight is 505 g/mol. The van der Waals surface area contributed by atoms with E-state index in [0.29, 0.717) is 18.3 Å². The molecular weight excluding hydrogens is 460 g/mol. The number of ether oxygens (including phenoxy) is 2. The van der Waals surface area contributed by atoms with E-state index in [-0.39, 0.29) is 29.5 Å². The molecule has 6 nitrogen and oxygen atoms in total. The normalized spacial score (nSPS) is 23.1. The maximum atomic E-state index is 12.0. The van der Waals surface area contributed by atoms with Crippen molar-refractivity contribution in [3.05, 3.63) is 35.9 Å². The van der Waals surface area contributed by atoms with Crippen molar-refractivity contribution in [2.75, 3.05) is 6.61 Å². The summed E-state index contributed by atoms with van der Waals surface area (Å²) in [7, 11) is 0. The van der Waals surface area contributed by atoms with Crippen molar-refractivity contribution in [3.8, 4) is 0 Å². The number of benzene rings is 1. The van der Waals surface area contributed by atoms with Crippen molar-refractivity contribution in [2.45, 2.75) is 120 Å². The molecule has 2 N–H and O–H groups in total. The summed E-state index contributed by atoms with van der Waals surface area (Å²) in [5.41, 5.74) is 1.01. The smallest absolute Gasteiger partial charge is 0.315 e. The Hall–Kier alpha value is -1.73. The van der Waals surface area contributed by atoms with Crippen LogP contribution in [0.3, 0.4) is 0 Å². The highest BCUT2D eigenvalue weighted by atomic mass is 32.2. The van der Waals surface area contributed by atoms with Gasteiger partial charge in [0.15, 0.2) is 0 Å². The van der Waals surface area contributed by atoms with E-state index in [0.717, 1.165) is 37.9 Å². The minimum absolute atomic E-state index is 0.00818. The number of amides is 2. The van der Waals surface area contributed by atoms with Crippen LogP contribution in [0.1, 0.15) is 96.0 Å². The van der Waals surface area contributed by atoms with E-state index in [2.05, 4.69) is 17.6 Å². The molecule has 0 bridgehead atoms. The van der Waals surface area contributed by atoms with Crippen molar-refractivity contribution in [1.29, 1.82) is 0 Å². The van der Waals surface area contributed by atoms with E-state index in [1.165, 1.54) is 51.4 Å². The fourth-order valence-corrected chi connectivity index (χ4v) is 6.49. The summed E-state index contributed by atoms with van der Waals surface area (Å²) in [6, 6.07) is 9.80. The Morgan fingerprint density at radius 1 is 0.886 bits per heavy atom. The molecule has 2 aliphatic rings. The van der Waals surface area contributed by atoms with Crippen molar-refractivity contribution in [2.24, 2.45) is 0 Å². The lowest BCUT2D eigenvalue weighted by Gasteiger charge is -2.17. The molecule has 7 heteroatoms. The lowest BCUT2D eigenvalue weighted by molar-refractivity contribution is -0.145. The highest BCUT2D eigenvalue weighted by Gasteiger charge is 2.49. The second-order valence-electron chi connectivity index (χ2n) is 9.80. The number of hydrogen-bond acceptors (Lipinski definition) is 5. The number of nitrogens with one attached hydrogen (secondary N) is 2. The largest absolute Gasteiger partial charge is 0.461 e. The van der Waals surface area contributed by atoms with Crippen LogP contribution in [-0.4, -0.2) is 41.4 Å². The van der Waals surface area contributed by atoms with Gasteiger partial charge in [0, 0.05) is 18.3 Å². The number of unbranched alkanes of at least 4 members (excludes halogenated alkanes) is 9. The summed E-state index contributed by atoms with van der Waals surface area (Å²) < 4.78 is 11.6. The standard InChI is InChI=1S/C28H44N2O4S/c1-2-3-4-5-6-7-8-9-15-20-33-27-26-25(29-28(32)30-26)23(35-27)18-13-14-19-24(31)34-21-22-16-11-10-12-17-22/h10-12,16-17,23,25-27H,2-9,13-15,18-21H2,1H3,(H2,29,30,32)/t23-,25+,26+,27+/m0/s1. The summed E-state index contributed by atoms with van der Waals surface area (Å²) in [6.45, 7) is 3.34. The third kappa shape index (κ3) is 10.0. The van der Waals surface area contributed by atoms with Crippen molar-refractivity contribution >= 4 is 23.8 Å². The Balaban J connectivity index is 1.26. The lowest BCUT2D eigenvalue weighted by Crippen LogP contribution is -2.40. The first kappa shape index (κ1) is 27.9. The van der Waals surface area contributed by atoms with Gasteiger partial charge in [0.2, 0.25) is 0 Å². The summed E-state index contributed by atoms with van der Waals surface area (Å²) >= 11 is 1.83. The first-order valence-electron chi connectivity index (χ1n) is 13.7. The van der Waals surface area contributed by atoms with Gasteiger partial charge < -0.3 is 20.1 Å². The van der Waals surface area contributed by atoms with Crippen LogP contribution in [0.15, 0.2) is 30.3 Å². The monoisotopic (exact) mass is 504 g/mol. The molecule has 2 saturated heterocycles. The summed E-state index contributed by atoms with van der Waals surface area (Å²) in [4.78, 5) is 24.0. The zero-order valence-corrected chi connectivity index (χ0v) is 22.2. The van der Waals surface area contributed by atoms with Crippen molar-refractivity contribution in [1.82, 2.24) is 10.6 Å². The van der Waals surface area contributed by atoms with Gasteiger partial charge in [0.25, 0.3) is 0 Å². The molecule has 2 aliphatic heterocycles. The maximum Gasteiger partial charge on any atom is 0.315 e. The topological polar surface area (TPSA) is 76.7 Å². The number of carbonyl (C=O) groups excluding carboxylic acids is 2. The van der Waals surface area contributed by atoms with Crippen LogP contribution in [0, 0.1) is 0 Å². The average Bonchev–Trinajstić information content (AvgIpc) is 3.40. The van der Waals surface area contributed by atoms with Crippen LogP contribution in [-0.2, 0) is 20.9 Å². The molecule has 0 aliphatic carbocycles. The Morgan fingerprint density at radius 2 is 1.57 bits per heavy atom. The van der Waals surface area contributed by atoms with E-state index >= 15 is 0 Å². The summed E-state index contributed by atoms with van der Waals surface area (Å²) in [5, 5.41) is 6.45. The molecule has 0 spiro atoms. The Kier molecular flexibility index (Phi) is 12.8. The Morgan fingerprint density at radius 3 is 2.31 bits per heavy atom. The van der Waals surface area contributed by atoms with E-state index in [4.69, 9.17) is 9.47 Å². The first-order valence-corrected chi connectivity index (χ1v) is 14.7. The molecule has 4 atom stereocenters. The zero-order chi connectivity index (χ0) is 24.7. The van der Waals surface area contributed by atoms with Gasteiger partial charge in [-0.25, -0.2) is 4.79 Å². The van der Waals surface area contributed by atoms with Gasteiger partial charge in [0.1, 0.15) is 12.0 Å². The molecule has 3 rings (SSSR count). The predicted octanol–water partition coefficient (Wildman–Crippen LogP) is 6.33. The molecular formula is C28H44N2O4S. The number of urea groups is 1. The number of rotatable bonds is 18. The quantitative estimate of drug-likeness (QED) is 0.139. The van der Waals surface area contributed by atoms with Gasteiger partial charge in [-0.15, -0.1) is 11.8 Å². The van der Waals surface area contributed by atoms with E-state index in [1.54, 1.807) is 0 Å². The van der Waals surface area contributed by atoms with Gasteiger partial charge in [0.05, 0.1) is 12.1 Å². The lowest BCUT2D eigenvalue weighted by atomic mass is 10.0. The Labute approximate surface area is 215 Å².